The number of anilines is 1. The van der Waals surface area contributed by atoms with Gasteiger partial charge in [-0.05, 0) is 43.2 Å². The van der Waals surface area contributed by atoms with E-state index >= 15 is 0 Å². The summed E-state index contributed by atoms with van der Waals surface area (Å²) in [7, 11) is 0. The fourth-order valence-electron chi connectivity index (χ4n) is 3.73. The zero-order valence-corrected chi connectivity index (χ0v) is 18.6. The molecule has 0 aliphatic carbocycles. The second kappa shape index (κ2) is 9.77. The quantitative estimate of drug-likeness (QED) is 0.599. The van der Waals surface area contributed by atoms with Gasteiger partial charge < -0.3 is 15.0 Å². The first kappa shape index (κ1) is 21.7. The highest BCUT2D eigenvalue weighted by Gasteiger charge is 2.18. The van der Waals surface area contributed by atoms with Crippen LogP contribution in [0.5, 0.6) is 0 Å². The van der Waals surface area contributed by atoms with E-state index in [2.05, 4.69) is 39.4 Å². The zero-order chi connectivity index (χ0) is 21.8. The number of hydrogen-bond acceptors (Lipinski definition) is 5. The van der Waals surface area contributed by atoms with Crippen LogP contribution in [0.25, 0.3) is 0 Å². The van der Waals surface area contributed by atoms with Gasteiger partial charge in [0.05, 0.1) is 24.9 Å². The van der Waals surface area contributed by atoms with Crippen LogP contribution in [0.15, 0.2) is 42.6 Å². The fourth-order valence-corrected chi connectivity index (χ4v) is 4.03. The highest BCUT2D eigenvalue weighted by molar-refractivity contribution is 6.30. The van der Waals surface area contributed by atoms with E-state index in [0.29, 0.717) is 24.8 Å². The van der Waals surface area contributed by atoms with E-state index in [1.54, 1.807) is 16.8 Å². The molecule has 0 saturated carbocycles. The Labute approximate surface area is 187 Å². The van der Waals surface area contributed by atoms with Crippen molar-refractivity contribution in [3.63, 3.8) is 0 Å². The molecule has 0 radical (unpaired) electrons. The molecule has 6 nitrogen and oxygen atoms in total. The maximum absolute atomic E-state index is 13.1. The largest absolute Gasteiger partial charge is 0.375 e. The van der Waals surface area contributed by atoms with Crippen molar-refractivity contribution in [3.05, 3.63) is 75.9 Å². The standard InChI is InChI=1S/C23H27ClFN5O/c1-16-14-29(9-10-31-16)22-8-5-19(12-27-22)11-26-13-21-17(2)28-30(23(21)24)15-18-3-6-20(25)7-4-18/h3-8,12,16,26H,9-11,13-15H2,1-2H3. The van der Waals surface area contributed by atoms with Gasteiger partial charge >= 0.3 is 0 Å². The third-order valence-electron chi connectivity index (χ3n) is 5.43. The third-order valence-corrected chi connectivity index (χ3v) is 5.86. The Bertz CT molecular complexity index is 1010. The van der Waals surface area contributed by atoms with Crippen LogP contribution in [-0.4, -0.2) is 40.6 Å². The van der Waals surface area contributed by atoms with Gasteiger partial charge in [0, 0.05) is 37.9 Å². The number of benzene rings is 1. The molecule has 1 unspecified atom stereocenters. The van der Waals surface area contributed by atoms with Gasteiger partial charge in [0.25, 0.3) is 0 Å². The lowest BCUT2D eigenvalue weighted by Crippen LogP contribution is -2.41. The predicted octanol–water partition coefficient (Wildman–Crippen LogP) is 3.94. The van der Waals surface area contributed by atoms with E-state index in [4.69, 9.17) is 16.3 Å². The third kappa shape index (κ3) is 5.42. The lowest BCUT2D eigenvalue weighted by molar-refractivity contribution is 0.0529. The van der Waals surface area contributed by atoms with Crippen LogP contribution >= 0.6 is 11.6 Å². The number of rotatable bonds is 7. The molecule has 3 aromatic rings. The van der Waals surface area contributed by atoms with Crippen molar-refractivity contribution in [1.82, 2.24) is 20.1 Å². The second-order valence-electron chi connectivity index (χ2n) is 7.89. The molecule has 0 spiro atoms. The minimum atomic E-state index is -0.251. The van der Waals surface area contributed by atoms with E-state index in [9.17, 15) is 4.39 Å². The van der Waals surface area contributed by atoms with Gasteiger partial charge in [0.15, 0.2) is 0 Å². The molecular formula is C23H27ClFN5O. The summed E-state index contributed by atoms with van der Waals surface area (Å²) in [6, 6.07) is 10.5. The van der Waals surface area contributed by atoms with E-state index in [1.807, 2.05) is 13.1 Å². The summed E-state index contributed by atoms with van der Waals surface area (Å²) in [5.74, 6) is 0.735. The van der Waals surface area contributed by atoms with Gasteiger partial charge in [-0.2, -0.15) is 5.10 Å². The first-order valence-corrected chi connectivity index (χ1v) is 10.9. The molecule has 8 heteroatoms. The Hall–Kier alpha value is -2.48. The van der Waals surface area contributed by atoms with Crippen molar-refractivity contribution in [2.45, 2.75) is 39.6 Å². The molecule has 0 amide bonds. The number of hydrogen-bond donors (Lipinski definition) is 1. The Morgan fingerprint density at radius 1 is 1.16 bits per heavy atom. The molecule has 1 atom stereocenters. The maximum Gasteiger partial charge on any atom is 0.132 e. The summed E-state index contributed by atoms with van der Waals surface area (Å²) in [6.07, 6.45) is 2.14. The molecule has 4 rings (SSSR count). The lowest BCUT2D eigenvalue weighted by Gasteiger charge is -2.32. The van der Waals surface area contributed by atoms with Crippen LogP contribution in [-0.2, 0) is 24.4 Å². The Kier molecular flexibility index (Phi) is 6.85. The van der Waals surface area contributed by atoms with Crippen molar-refractivity contribution in [2.75, 3.05) is 24.6 Å². The molecule has 3 heterocycles. The normalized spacial score (nSPS) is 16.6. The number of morpholine rings is 1. The summed E-state index contributed by atoms with van der Waals surface area (Å²) in [4.78, 5) is 6.87. The Morgan fingerprint density at radius 3 is 2.65 bits per heavy atom. The molecule has 1 fully saturated rings. The van der Waals surface area contributed by atoms with Crippen LogP contribution in [0.3, 0.4) is 0 Å². The zero-order valence-electron chi connectivity index (χ0n) is 17.8. The number of aryl methyl sites for hydroxylation is 1. The fraction of sp³-hybridized carbons (Fsp3) is 0.391. The van der Waals surface area contributed by atoms with Crippen LogP contribution in [0.2, 0.25) is 5.15 Å². The molecule has 1 saturated heterocycles. The number of pyridine rings is 1. The van der Waals surface area contributed by atoms with E-state index in [1.165, 1.54) is 12.1 Å². The molecule has 1 aromatic carbocycles. The molecular weight excluding hydrogens is 417 g/mol. The smallest absolute Gasteiger partial charge is 0.132 e. The van der Waals surface area contributed by atoms with Crippen molar-refractivity contribution < 1.29 is 9.13 Å². The maximum atomic E-state index is 13.1. The molecule has 2 aromatic heterocycles. The van der Waals surface area contributed by atoms with E-state index in [-0.39, 0.29) is 11.9 Å². The first-order valence-electron chi connectivity index (χ1n) is 10.5. The molecule has 1 aliphatic heterocycles. The molecule has 0 bridgehead atoms. The Morgan fingerprint density at radius 2 is 1.94 bits per heavy atom. The van der Waals surface area contributed by atoms with Gasteiger partial charge in [-0.25, -0.2) is 14.1 Å². The van der Waals surface area contributed by atoms with Crippen molar-refractivity contribution in [3.8, 4) is 0 Å². The first-order chi connectivity index (χ1) is 15.0. The van der Waals surface area contributed by atoms with Gasteiger partial charge in [0.1, 0.15) is 16.8 Å². The highest BCUT2D eigenvalue weighted by Crippen LogP contribution is 2.21. The predicted molar refractivity (Wildman–Crippen MR) is 120 cm³/mol. The Balaban J connectivity index is 1.33. The topological polar surface area (TPSA) is 55.2 Å². The number of aromatic nitrogens is 3. The van der Waals surface area contributed by atoms with Crippen molar-refractivity contribution in [2.24, 2.45) is 0 Å². The summed E-state index contributed by atoms with van der Waals surface area (Å²) in [6.45, 7) is 8.30. The number of nitrogens with zero attached hydrogens (tertiary/aromatic N) is 4. The van der Waals surface area contributed by atoms with Crippen molar-refractivity contribution in [1.29, 1.82) is 0 Å². The van der Waals surface area contributed by atoms with Crippen LogP contribution in [0.1, 0.15) is 29.3 Å². The van der Waals surface area contributed by atoms with Crippen LogP contribution in [0, 0.1) is 12.7 Å². The summed E-state index contributed by atoms with van der Waals surface area (Å²) in [5.41, 5.74) is 3.91. The lowest BCUT2D eigenvalue weighted by atomic mass is 10.2. The molecule has 1 N–H and O–H groups in total. The molecule has 164 valence electrons. The number of halogens is 2. The van der Waals surface area contributed by atoms with Crippen LogP contribution < -0.4 is 10.2 Å². The summed E-state index contributed by atoms with van der Waals surface area (Å²) in [5, 5.41) is 8.58. The van der Waals surface area contributed by atoms with Gasteiger partial charge in [0.2, 0.25) is 0 Å². The monoisotopic (exact) mass is 443 g/mol. The second-order valence-corrected chi connectivity index (χ2v) is 8.25. The van der Waals surface area contributed by atoms with Gasteiger partial charge in [-0.1, -0.05) is 29.8 Å². The molecule has 1 aliphatic rings. The van der Waals surface area contributed by atoms with Gasteiger partial charge in [-0.3, -0.25) is 0 Å². The number of ether oxygens (including phenoxy) is 1. The summed E-state index contributed by atoms with van der Waals surface area (Å²) >= 11 is 6.57. The van der Waals surface area contributed by atoms with E-state index in [0.717, 1.165) is 47.9 Å². The minimum absolute atomic E-state index is 0.230. The summed E-state index contributed by atoms with van der Waals surface area (Å²) < 4.78 is 20.5. The van der Waals surface area contributed by atoms with Crippen LogP contribution in [0.4, 0.5) is 10.2 Å². The van der Waals surface area contributed by atoms with Crippen molar-refractivity contribution >= 4 is 17.4 Å². The minimum Gasteiger partial charge on any atom is -0.375 e. The molecule has 31 heavy (non-hydrogen) atoms. The van der Waals surface area contributed by atoms with E-state index < -0.39 is 0 Å². The number of nitrogens with one attached hydrogen (secondary N) is 1. The van der Waals surface area contributed by atoms with Gasteiger partial charge in [-0.15, -0.1) is 0 Å². The average Bonchev–Trinajstić information content (AvgIpc) is 3.03. The SMILES string of the molecule is Cc1nn(Cc2ccc(F)cc2)c(Cl)c1CNCc1ccc(N2CCOC(C)C2)nc1. The average molecular weight is 444 g/mol. The highest BCUT2D eigenvalue weighted by atomic mass is 35.5.